The molecule has 0 fully saturated rings. The Balaban J connectivity index is 2.14. The number of rotatable bonds is 4. The molecule has 6 heteroatoms. The zero-order chi connectivity index (χ0) is 12.4. The van der Waals surface area contributed by atoms with Crippen LogP contribution in [0.4, 0.5) is 0 Å². The third-order valence-corrected chi connectivity index (χ3v) is 3.51. The van der Waals surface area contributed by atoms with E-state index in [1.165, 1.54) is 11.5 Å². The second-order valence-electron chi connectivity index (χ2n) is 4.51. The molecule has 17 heavy (non-hydrogen) atoms. The minimum atomic E-state index is -0.0448. The Kier molecular flexibility index (Phi) is 3.54. The van der Waals surface area contributed by atoms with Crippen molar-refractivity contribution in [2.45, 2.75) is 32.2 Å². The fourth-order valence-electron chi connectivity index (χ4n) is 1.79. The normalized spacial score (nSPS) is 13.2. The van der Waals surface area contributed by atoms with E-state index in [1.54, 1.807) is 4.68 Å². The molecule has 0 amide bonds. The Labute approximate surface area is 105 Å². The van der Waals surface area contributed by atoms with Crippen LogP contribution in [-0.4, -0.2) is 19.4 Å². The van der Waals surface area contributed by atoms with E-state index in [0.717, 1.165) is 22.6 Å². The maximum Gasteiger partial charge on any atom is 0.0829 e. The molecule has 0 bridgehead atoms. The molecule has 92 valence electrons. The lowest BCUT2D eigenvalue weighted by molar-refractivity contribution is 0.699. The van der Waals surface area contributed by atoms with Gasteiger partial charge in [0.05, 0.1) is 16.8 Å². The average molecular weight is 251 g/mol. The topological polar surface area (TPSA) is 69.6 Å². The lowest BCUT2D eigenvalue weighted by Crippen LogP contribution is -2.14. The molecule has 1 unspecified atom stereocenters. The van der Waals surface area contributed by atoms with Crippen LogP contribution in [0, 0.1) is 0 Å². The molecule has 2 aromatic heterocycles. The molecule has 1 atom stereocenters. The van der Waals surface area contributed by atoms with Crippen LogP contribution in [0.2, 0.25) is 0 Å². The molecule has 0 radical (unpaired) electrons. The van der Waals surface area contributed by atoms with Gasteiger partial charge in [-0.2, -0.15) is 5.10 Å². The van der Waals surface area contributed by atoms with Crippen molar-refractivity contribution in [3.8, 4) is 0 Å². The van der Waals surface area contributed by atoms with Gasteiger partial charge in [-0.1, -0.05) is 18.3 Å². The van der Waals surface area contributed by atoms with E-state index in [0.29, 0.717) is 5.92 Å². The van der Waals surface area contributed by atoms with E-state index in [4.69, 9.17) is 5.73 Å². The fraction of sp³-hybridized carbons (Fsp3) is 0.545. The Hall–Kier alpha value is -1.27. The van der Waals surface area contributed by atoms with Gasteiger partial charge in [-0.15, -0.1) is 5.10 Å². The summed E-state index contributed by atoms with van der Waals surface area (Å²) in [7, 11) is 1.91. The second-order valence-corrected chi connectivity index (χ2v) is 5.30. The van der Waals surface area contributed by atoms with Crippen LogP contribution in [0.15, 0.2) is 12.4 Å². The van der Waals surface area contributed by atoms with Crippen molar-refractivity contribution >= 4 is 11.5 Å². The third-order valence-electron chi connectivity index (χ3n) is 2.64. The number of hydrogen-bond donors (Lipinski definition) is 1. The van der Waals surface area contributed by atoms with E-state index in [1.807, 2.05) is 19.4 Å². The summed E-state index contributed by atoms with van der Waals surface area (Å²) >= 11 is 1.40. The highest BCUT2D eigenvalue weighted by Gasteiger charge is 2.18. The number of nitrogens with two attached hydrogens (primary N) is 1. The first-order valence-electron chi connectivity index (χ1n) is 5.63. The van der Waals surface area contributed by atoms with Crippen LogP contribution in [0.5, 0.6) is 0 Å². The quantitative estimate of drug-likeness (QED) is 0.896. The predicted octanol–water partition coefficient (Wildman–Crippen LogP) is 1.64. The standard InChI is InChI=1S/C11H17N5S/c1-7(2)10-11(17-15-14-10)9(12)4-8-5-13-16(3)6-8/h5-7,9H,4,12H2,1-3H3. The smallest absolute Gasteiger partial charge is 0.0829 e. The van der Waals surface area contributed by atoms with Crippen LogP contribution >= 0.6 is 11.5 Å². The van der Waals surface area contributed by atoms with E-state index < -0.39 is 0 Å². The van der Waals surface area contributed by atoms with E-state index in [9.17, 15) is 0 Å². The summed E-state index contributed by atoms with van der Waals surface area (Å²) in [5.74, 6) is 0.365. The highest BCUT2D eigenvalue weighted by Crippen LogP contribution is 2.26. The highest BCUT2D eigenvalue weighted by molar-refractivity contribution is 7.05. The summed E-state index contributed by atoms with van der Waals surface area (Å²) in [5, 5.41) is 8.29. The van der Waals surface area contributed by atoms with Gasteiger partial charge in [-0.25, -0.2) is 0 Å². The van der Waals surface area contributed by atoms with Gasteiger partial charge in [0.2, 0.25) is 0 Å². The van der Waals surface area contributed by atoms with Gasteiger partial charge in [0.1, 0.15) is 0 Å². The Morgan fingerprint density at radius 1 is 1.47 bits per heavy atom. The first kappa shape index (κ1) is 12.2. The van der Waals surface area contributed by atoms with Crippen LogP contribution in [0.25, 0.3) is 0 Å². The first-order chi connectivity index (χ1) is 8.08. The summed E-state index contributed by atoms with van der Waals surface area (Å²) in [6.45, 7) is 4.22. The van der Waals surface area contributed by atoms with Crippen molar-refractivity contribution in [2.75, 3.05) is 0 Å². The maximum atomic E-state index is 6.21. The molecule has 0 saturated heterocycles. The van der Waals surface area contributed by atoms with Crippen molar-refractivity contribution < 1.29 is 0 Å². The van der Waals surface area contributed by atoms with Gasteiger partial charge >= 0.3 is 0 Å². The van der Waals surface area contributed by atoms with Gasteiger partial charge in [0.15, 0.2) is 0 Å². The second kappa shape index (κ2) is 4.93. The number of nitrogens with zero attached hydrogens (tertiary/aromatic N) is 4. The molecule has 0 aromatic carbocycles. The minimum absolute atomic E-state index is 0.0448. The average Bonchev–Trinajstić information content (AvgIpc) is 2.86. The lowest BCUT2D eigenvalue weighted by Gasteiger charge is -2.10. The lowest BCUT2D eigenvalue weighted by atomic mass is 10.0. The minimum Gasteiger partial charge on any atom is -0.323 e. The molecule has 0 aliphatic carbocycles. The maximum absolute atomic E-state index is 6.21. The summed E-state index contributed by atoms with van der Waals surface area (Å²) in [5.41, 5.74) is 8.37. The van der Waals surface area contributed by atoms with Gasteiger partial charge in [0.25, 0.3) is 0 Å². The molecular formula is C11H17N5S. The monoisotopic (exact) mass is 251 g/mol. The SMILES string of the molecule is CC(C)c1nnsc1C(N)Cc1cnn(C)c1. The molecule has 5 nitrogen and oxygen atoms in total. The summed E-state index contributed by atoms with van der Waals surface area (Å²) in [6, 6.07) is -0.0448. The van der Waals surface area contributed by atoms with E-state index in [2.05, 4.69) is 28.5 Å². The van der Waals surface area contributed by atoms with E-state index in [-0.39, 0.29) is 6.04 Å². The number of aromatic nitrogens is 4. The van der Waals surface area contributed by atoms with Crippen LogP contribution in [0.3, 0.4) is 0 Å². The van der Waals surface area contributed by atoms with Crippen LogP contribution < -0.4 is 5.73 Å². The first-order valence-corrected chi connectivity index (χ1v) is 6.40. The zero-order valence-corrected chi connectivity index (χ0v) is 11.1. The van der Waals surface area contributed by atoms with Crippen molar-refractivity contribution in [3.05, 3.63) is 28.5 Å². The summed E-state index contributed by atoms with van der Waals surface area (Å²) < 4.78 is 5.79. The van der Waals surface area contributed by atoms with Crippen LogP contribution in [0.1, 0.15) is 41.9 Å². The molecule has 2 N–H and O–H groups in total. The predicted molar refractivity (Wildman–Crippen MR) is 67.8 cm³/mol. The van der Waals surface area contributed by atoms with Crippen molar-refractivity contribution in [1.29, 1.82) is 0 Å². The molecule has 2 heterocycles. The van der Waals surface area contributed by atoms with Crippen molar-refractivity contribution in [1.82, 2.24) is 19.4 Å². The third kappa shape index (κ3) is 2.70. The summed E-state index contributed by atoms with van der Waals surface area (Å²) in [6.07, 6.45) is 4.62. The van der Waals surface area contributed by atoms with Crippen LogP contribution in [-0.2, 0) is 13.5 Å². The molecule has 0 saturated carbocycles. The largest absolute Gasteiger partial charge is 0.323 e. The Bertz CT molecular complexity index is 488. The molecule has 0 aliphatic heterocycles. The summed E-state index contributed by atoms with van der Waals surface area (Å²) in [4.78, 5) is 1.09. The van der Waals surface area contributed by atoms with Gasteiger partial charge in [0, 0.05) is 19.3 Å². The fourth-order valence-corrected chi connectivity index (χ4v) is 2.59. The molecule has 2 aromatic rings. The van der Waals surface area contributed by atoms with Gasteiger partial charge < -0.3 is 5.73 Å². The molecule has 0 aliphatic rings. The van der Waals surface area contributed by atoms with E-state index >= 15 is 0 Å². The Morgan fingerprint density at radius 2 is 2.24 bits per heavy atom. The van der Waals surface area contributed by atoms with Crippen molar-refractivity contribution in [3.63, 3.8) is 0 Å². The Morgan fingerprint density at radius 3 is 2.82 bits per heavy atom. The highest BCUT2D eigenvalue weighted by atomic mass is 32.1. The molecule has 0 spiro atoms. The van der Waals surface area contributed by atoms with Gasteiger partial charge in [-0.05, 0) is 29.4 Å². The number of hydrogen-bond acceptors (Lipinski definition) is 5. The van der Waals surface area contributed by atoms with Crippen molar-refractivity contribution in [2.24, 2.45) is 12.8 Å². The zero-order valence-electron chi connectivity index (χ0n) is 10.3. The molecule has 2 rings (SSSR count). The number of aryl methyl sites for hydroxylation is 1. The molecular weight excluding hydrogens is 234 g/mol. The van der Waals surface area contributed by atoms with Gasteiger partial charge in [-0.3, -0.25) is 4.68 Å².